The second kappa shape index (κ2) is 7.50. The molecular weight excluding hydrogens is 252 g/mol. The minimum Gasteiger partial charge on any atom is -0.493 e. The summed E-state index contributed by atoms with van der Waals surface area (Å²) in [7, 11) is 0. The van der Waals surface area contributed by atoms with Gasteiger partial charge < -0.3 is 15.2 Å². The fourth-order valence-electron chi connectivity index (χ4n) is 1.78. The third kappa shape index (κ3) is 4.24. The number of hydrogen-bond donors (Lipinski definition) is 1. The van der Waals surface area contributed by atoms with Crippen LogP contribution in [0.2, 0.25) is 0 Å². The summed E-state index contributed by atoms with van der Waals surface area (Å²) in [5.41, 5.74) is 7.67. The molecule has 0 fully saturated rings. The number of nitrogens with zero attached hydrogens (tertiary/aromatic N) is 1. The van der Waals surface area contributed by atoms with Gasteiger partial charge in [-0.1, -0.05) is 18.2 Å². The average molecular weight is 272 g/mol. The Morgan fingerprint density at radius 2 is 1.85 bits per heavy atom. The van der Waals surface area contributed by atoms with Crippen LogP contribution in [0.3, 0.4) is 0 Å². The molecular formula is C16H20N2O2. The van der Waals surface area contributed by atoms with Gasteiger partial charge in [-0.2, -0.15) is 0 Å². The summed E-state index contributed by atoms with van der Waals surface area (Å²) in [4.78, 5) is 4.18. The molecule has 106 valence electrons. The number of aromatic nitrogens is 1. The second-order valence-electron chi connectivity index (χ2n) is 4.50. The maximum atomic E-state index is 5.71. The Morgan fingerprint density at radius 1 is 1.05 bits per heavy atom. The summed E-state index contributed by atoms with van der Waals surface area (Å²) in [6.45, 7) is 3.65. The van der Waals surface area contributed by atoms with Crippen LogP contribution in [-0.2, 0) is 6.54 Å². The van der Waals surface area contributed by atoms with E-state index in [2.05, 4.69) is 4.98 Å². The lowest BCUT2D eigenvalue weighted by Gasteiger charge is -2.10. The van der Waals surface area contributed by atoms with Crippen LogP contribution in [0.1, 0.15) is 17.7 Å². The Morgan fingerprint density at radius 3 is 2.60 bits per heavy atom. The molecule has 0 spiro atoms. The van der Waals surface area contributed by atoms with E-state index in [-0.39, 0.29) is 0 Å². The zero-order valence-electron chi connectivity index (χ0n) is 11.7. The first-order valence-corrected chi connectivity index (χ1v) is 6.76. The van der Waals surface area contributed by atoms with E-state index in [4.69, 9.17) is 15.2 Å². The van der Waals surface area contributed by atoms with Crippen molar-refractivity contribution in [2.24, 2.45) is 5.73 Å². The molecule has 0 saturated heterocycles. The molecule has 2 rings (SSSR count). The van der Waals surface area contributed by atoms with Crippen molar-refractivity contribution >= 4 is 0 Å². The molecule has 1 aromatic heterocycles. The third-order valence-corrected chi connectivity index (χ3v) is 2.89. The van der Waals surface area contributed by atoms with Gasteiger partial charge in [-0.25, -0.2) is 0 Å². The van der Waals surface area contributed by atoms with E-state index in [1.807, 2.05) is 43.3 Å². The number of nitrogens with two attached hydrogens (primary N) is 1. The highest BCUT2D eigenvalue weighted by atomic mass is 16.5. The van der Waals surface area contributed by atoms with Crippen LogP contribution in [0.25, 0.3) is 0 Å². The molecule has 1 heterocycles. The van der Waals surface area contributed by atoms with Crippen molar-refractivity contribution in [3.63, 3.8) is 0 Å². The van der Waals surface area contributed by atoms with Gasteiger partial charge in [-0.15, -0.1) is 0 Å². The van der Waals surface area contributed by atoms with Crippen molar-refractivity contribution in [3.8, 4) is 11.5 Å². The average Bonchev–Trinajstić information content (AvgIpc) is 2.49. The van der Waals surface area contributed by atoms with Gasteiger partial charge >= 0.3 is 0 Å². The highest BCUT2D eigenvalue weighted by Gasteiger charge is 2.00. The van der Waals surface area contributed by atoms with Gasteiger partial charge in [-0.3, -0.25) is 4.98 Å². The Balaban J connectivity index is 1.70. The van der Waals surface area contributed by atoms with Gasteiger partial charge in [0.2, 0.25) is 0 Å². The highest BCUT2D eigenvalue weighted by molar-refractivity contribution is 5.32. The summed E-state index contributed by atoms with van der Waals surface area (Å²) >= 11 is 0. The van der Waals surface area contributed by atoms with Crippen molar-refractivity contribution in [1.29, 1.82) is 0 Å². The number of aryl methyl sites for hydroxylation is 1. The molecule has 4 nitrogen and oxygen atoms in total. The summed E-state index contributed by atoms with van der Waals surface area (Å²) in [5, 5.41) is 0. The number of rotatable bonds is 7. The molecule has 2 N–H and O–H groups in total. The van der Waals surface area contributed by atoms with Crippen LogP contribution in [0.4, 0.5) is 0 Å². The predicted molar refractivity (Wildman–Crippen MR) is 78.9 cm³/mol. The number of para-hydroxylation sites is 1. The standard InChI is InChI=1S/C16H20N2O2/c1-13-7-8-15(12-18-13)19-9-4-10-20-16-6-3-2-5-14(16)11-17/h2-3,5-8,12H,4,9-11,17H2,1H3. The Bertz CT molecular complexity index is 526. The van der Waals surface area contributed by atoms with Crippen LogP contribution < -0.4 is 15.2 Å². The molecule has 0 aliphatic carbocycles. The highest BCUT2D eigenvalue weighted by Crippen LogP contribution is 2.17. The molecule has 0 aliphatic rings. The van der Waals surface area contributed by atoms with Crippen molar-refractivity contribution < 1.29 is 9.47 Å². The predicted octanol–water partition coefficient (Wildman–Crippen LogP) is 2.70. The van der Waals surface area contributed by atoms with Gasteiger partial charge in [0, 0.05) is 24.2 Å². The molecule has 0 atom stereocenters. The molecule has 20 heavy (non-hydrogen) atoms. The number of ether oxygens (including phenoxy) is 2. The van der Waals surface area contributed by atoms with Crippen LogP contribution >= 0.6 is 0 Å². The van der Waals surface area contributed by atoms with Gasteiger partial charge in [0.1, 0.15) is 11.5 Å². The van der Waals surface area contributed by atoms with Crippen molar-refractivity contribution in [3.05, 3.63) is 53.9 Å². The van der Waals surface area contributed by atoms with E-state index in [9.17, 15) is 0 Å². The zero-order valence-corrected chi connectivity index (χ0v) is 11.7. The minimum atomic E-state index is 0.488. The number of pyridine rings is 1. The van der Waals surface area contributed by atoms with Gasteiger partial charge in [0.05, 0.1) is 19.4 Å². The van der Waals surface area contributed by atoms with E-state index in [0.29, 0.717) is 19.8 Å². The molecule has 0 bridgehead atoms. The molecule has 2 aromatic rings. The van der Waals surface area contributed by atoms with Gasteiger partial charge in [0.25, 0.3) is 0 Å². The van der Waals surface area contributed by atoms with E-state index in [1.165, 1.54) is 0 Å². The molecule has 4 heteroatoms. The normalized spacial score (nSPS) is 10.3. The number of benzene rings is 1. The molecule has 0 radical (unpaired) electrons. The molecule has 1 aromatic carbocycles. The van der Waals surface area contributed by atoms with E-state index in [1.54, 1.807) is 6.20 Å². The summed E-state index contributed by atoms with van der Waals surface area (Å²) in [6.07, 6.45) is 2.55. The second-order valence-corrected chi connectivity index (χ2v) is 4.50. The van der Waals surface area contributed by atoms with Gasteiger partial charge in [-0.05, 0) is 25.1 Å². The lowest BCUT2D eigenvalue weighted by molar-refractivity contribution is 0.245. The van der Waals surface area contributed by atoms with Crippen LogP contribution in [0, 0.1) is 6.92 Å². The summed E-state index contributed by atoms with van der Waals surface area (Å²) in [6, 6.07) is 11.7. The molecule has 0 unspecified atom stereocenters. The van der Waals surface area contributed by atoms with Crippen molar-refractivity contribution in [1.82, 2.24) is 4.98 Å². The lowest BCUT2D eigenvalue weighted by atomic mass is 10.2. The summed E-state index contributed by atoms with van der Waals surface area (Å²) in [5.74, 6) is 1.64. The van der Waals surface area contributed by atoms with Crippen LogP contribution in [-0.4, -0.2) is 18.2 Å². The number of hydrogen-bond acceptors (Lipinski definition) is 4. The largest absolute Gasteiger partial charge is 0.493 e. The quantitative estimate of drug-likeness (QED) is 0.787. The van der Waals surface area contributed by atoms with Crippen LogP contribution in [0.5, 0.6) is 11.5 Å². The first-order valence-electron chi connectivity index (χ1n) is 6.76. The SMILES string of the molecule is Cc1ccc(OCCCOc2ccccc2CN)cn1. The first kappa shape index (κ1) is 14.3. The van der Waals surface area contributed by atoms with Crippen molar-refractivity contribution in [2.75, 3.05) is 13.2 Å². The third-order valence-electron chi connectivity index (χ3n) is 2.89. The van der Waals surface area contributed by atoms with Crippen LogP contribution in [0.15, 0.2) is 42.6 Å². The molecule has 0 saturated carbocycles. The van der Waals surface area contributed by atoms with E-state index in [0.717, 1.165) is 29.2 Å². The monoisotopic (exact) mass is 272 g/mol. The Hall–Kier alpha value is -2.07. The van der Waals surface area contributed by atoms with E-state index >= 15 is 0 Å². The lowest BCUT2D eigenvalue weighted by Crippen LogP contribution is -2.07. The summed E-state index contributed by atoms with van der Waals surface area (Å²) < 4.78 is 11.3. The fraction of sp³-hybridized carbons (Fsp3) is 0.312. The minimum absolute atomic E-state index is 0.488. The molecule has 0 aliphatic heterocycles. The maximum Gasteiger partial charge on any atom is 0.137 e. The zero-order chi connectivity index (χ0) is 14.2. The topological polar surface area (TPSA) is 57.4 Å². The smallest absolute Gasteiger partial charge is 0.137 e. The maximum absolute atomic E-state index is 5.71. The van der Waals surface area contributed by atoms with Crippen molar-refractivity contribution in [2.45, 2.75) is 19.9 Å². The van der Waals surface area contributed by atoms with Gasteiger partial charge in [0.15, 0.2) is 0 Å². The Labute approximate surface area is 119 Å². The Kier molecular flexibility index (Phi) is 5.38. The fourth-order valence-corrected chi connectivity index (χ4v) is 1.78. The van der Waals surface area contributed by atoms with E-state index < -0.39 is 0 Å². The first-order chi connectivity index (χ1) is 9.79. The molecule has 0 amide bonds.